The van der Waals surface area contributed by atoms with Crippen molar-refractivity contribution in [2.75, 3.05) is 0 Å². The Morgan fingerprint density at radius 3 is 2.50 bits per heavy atom. The van der Waals surface area contributed by atoms with E-state index in [0.29, 0.717) is 5.92 Å². The molecule has 1 aliphatic rings. The summed E-state index contributed by atoms with van der Waals surface area (Å²) in [5.74, 6) is 0.707. The lowest BCUT2D eigenvalue weighted by molar-refractivity contribution is 0.410. The molecule has 1 saturated carbocycles. The molecule has 0 atom stereocenters. The zero-order chi connectivity index (χ0) is 8.55. The number of pyridine rings is 1. The zero-order valence-electron chi connectivity index (χ0n) is 6.56. The molecular weight excluding hydrogens is 282 g/mol. The minimum atomic E-state index is 0.707. The average molecular weight is 291 g/mol. The van der Waals surface area contributed by atoms with Crippen LogP contribution < -0.4 is 0 Å². The van der Waals surface area contributed by atoms with E-state index in [0.717, 1.165) is 9.08 Å². The molecule has 1 aliphatic carbocycles. The van der Waals surface area contributed by atoms with Crippen molar-refractivity contribution < 1.29 is 0 Å². The van der Waals surface area contributed by atoms with Gasteiger partial charge in [0.1, 0.15) is 4.60 Å². The third kappa shape index (κ3) is 1.72. The van der Waals surface area contributed by atoms with Crippen molar-refractivity contribution in [1.29, 1.82) is 0 Å². The monoisotopic (exact) mass is 289 g/mol. The maximum Gasteiger partial charge on any atom is 0.107 e. The summed E-state index contributed by atoms with van der Waals surface area (Å²) >= 11 is 6.86. The van der Waals surface area contributed by atoms with Crippen molar-refractivity contribution in [3.8, 4) is 0 Å². The number of hydrogen-bond acceptors (Lipinski definition) is 1. The zero-order valence-corrected chi connectivity index (χ0v) is 9.73. The van der Waals surface area contributed by atoms with Crippen LogP contribution in [0.2, 0.25) is 0 Å². The Morgan fingerprint density at radius 1 is 1.25 bits per heavy atom. The van der Waals surface area contributed by atoms with E-state index in [1.54, 1.807) is 0 Å². The van der Waals surface area contributed by atoms with Crippen molar-refractivity contribution in [2.24, 2.45) is 0 Å². The van der Waals surface area contributed by atoms with Crippen LogP contribution in [0.4, 0.5) is 0 Å². The number of nitrogens with zero attached hydrogens (tertiary/aromatic N) is 1. The normalized spacial score (nSPS) is 17.5. The highest BCUT2D eigenvalue weighted by Crippen LogP contribution is 2.36. The van der Waals surface area contributed by atoms with Crippen molar-refractivity contribution in [2.45, 2.75) is 25.2 Å². The van der Waals surface area contributed by atoms with Gasteiger partial charge >= 0.3 is 0 Å². The molecule has 0 unspecified atom stereocenters. The first-order valence-corrected chi connectivity index (χ1v) is 5.67. The van der Waals surface area contributed by atoms with E-state index >= 15 is 0 Å². The van der Waals surface area contributed by atoms with Gasteiger partial charge in [-0.1, -0.05) is 22.4 Å². The van der Waals surface area contributed by atoms with Crippen molar-refractivity contribution in [1.82, 2.24) is 4.98 Å². The Bertz CT molecular complexity index is 274. The van der Waals surface area contributed by atoms with E-state index in [4.69, 9.17) is 0 Å². The fourth-order valence-electron chi connectivity index (χ4n) is 1.40. The first-order valence-electron chi connectivity index (χ1n) is 4.09. The molecule has 1 aromatic heterocycles. The van der Waals surface area contributed by atoms with Crippen molar-refractivity contribution >= 4 is 31.9 Å². The molecule has 12 heavy (non-hydrogen) atoms. The lowest BCUT2D eigenvalue weighted by Gasteiger charge is -2.24. The van der Waals surface area contributed by atoms with Crippen LogP contribution in [-0.4, -0.2) is 4.98 Å². The minimum absolute atomic E-state index is 0.707. The number of aromatic nitrogens is 1. The third-order valence-corrected chi connectivity index (χ3v) is 3.17. The number of halogens is 2. The molecule has 1 fully saturated rings. The minimum Gasteiger partial charge on any atom is -0.246 e. The van der Waals surface area contributed by atoms with E-state index < -0.39 is 0 Å². The number of hydrogen-bond donors (Lipinski definition) is 0. The summed E-state index contributed by atoms with van der Waals surface area (Å²) in [6, 6.07) is 4.09. The third-order valence-electron chi connectivity index (χ3n) is 2.30. The predicted octanol–water partition coefficient (Wildman–Crippen LogP) is 3.87. The van der Waals surface area contributed by atoms with Crippen LogP contribution in [0.1, 0.15) is 30.9 Å². The fraction of sp³-hybridized carbons (Fsp3) is 0.444. The SMILES string of the molecule is Brc1cc(Br)nc(C2CCC2)c1. The molecule has 0 radical (unpaired) electrons. The Labute approximate surface area is 88.8 Å². The van der Waals surface area contributed by atoms with Crippen LogP contribution in [0.3, 0.4) is 0 Å². The van der Waals surface area contributed by atoms with Gasteiger partial charge in [-0.2, -0.15) is 0 Å². The molecule has 1 nitrogen and oxygen atoms in total. The van der Waals surface area contributed by atoms with Gasteiger partial charge < -0.3 is 0 Å². The van der Waals surface area contributed by atoms with Gasteiger partial charge in [-0.05, 0) is 40.9 Å². The summed E-state index contributed by atoms with van der Waals surface area (Å²) in [7, 11) is 0. The van der Waals surface area contributed by atoms with E-state index in [1.165, 1.54) is 25.0 Å². The lowest BCUT2D eigenvalue weighted by Crippen LogP contribution is -2.10. The molecule has 0 spiro atoms. The smallest absolute Gasteiger partial charge is 0.107 e. The van der Waals surface area contributed by atoms with Gasteiger partial charge in [0.2, 0.25) is 0 Å². The van der Waals surface area contributed by atoms with Gasteiger partial charge in [-0.3, -0.25) is 0 Å². The van der Waals surface area contributed by atoms with Crippen LogP contribution in [0, 0.1) is 0 Å². The van der Waals surface area contributed by atoms with E-state index in [1.807, 2.05) is 6.07 Å². The first kappa shape index (κ1) is 8.70. The Balaban J connectivity index is 2.30. The second-order valence-electron chi connectivity index (χ2n) is 3.16. The van der Waals surface area contributed by atoms with Crippen LogP contribution in [-0.2, 0) is 0 Å². The number of rotatable bonds is 1. The predicted molar refractivity (Wildman–Crippen MR) is 56.2 cm³/mol. The molecule has 0 saturated heterocycles. The Hall–Kier alpha value is 0.110. The van der Waals surface area contributed by atoms with E-state index in [-0.39, 0.29) is 0 Å². The maximum atomic E-state index is 4.44. The Kier molecular flexibility index (Phi) is 2.51. The van der Waals surface area contributed by atoms with Gasteiger partial charge in [-0.15, -0.1) is 0 Å². The van der Waals surface area contributed by atoms with E-state index in [9.17, 15) is 0 Å². The molecule has 0 amide bonds. The van der Waals surface area contributed by atoms with Crippen LogP contribution >= 0.6 is 31.9 Å². The molecule has 64 valence electrons. The maximum absolute atomic E-state index is 4.44. The summed E-state index contributed by atoms with van der Waals surface area (Å²) in [4.78, 5) is 4.44. The largest absolute Gasteiger partial charge is 0.246 e. The lowest BCUT2D eigenvalue weighted by atomic mass is 9.83. The summed E-state index contributed by atoms with van der Waals surface area (Å²) in [6.45, 7) is 0. The van der Waals surface area contributed by atoms with Gasteiger partial charge in [0.25, 0.3) is 0 Å². The molecule has 1 aromatic rings. The summed E-state index contributed by atoms with van der Waals surface area (Å²) in [5, 5.41) is 0. The first-order chi connectivity index (χ1) is 5.75. The van der Waals surface area contributed by atoms with Crippen molar-refractivity contribution in [3.05, 3.63) is 26.9 Å². The van der Waals surface area contributed by atoms with Gasteiger partial charge in [0.05, 0.1) is 0 Å². The highest BCUT2D eigenvalue weighted by Gasteiger charge is 2.21. The second kappa shape index (κ2) is 3.46. The van der Waals surface area contributed by atoms with E-state index in [2.05, 4.69) is 42.9 Å². The molecule has 0 aliphatic heterocycles. The van der Waals surface area contributed by atoms with Gasteiger partial charge in [0, 0.05) is 16.1 Å². The molecule has 2 rings (SSSR count). The topological polar surface area (TPSA) is 12.9 Å². The average Bonchev–Trinajstić information content (AvgIpc) is 1.79. The highest BCUT2D eigenvalue weighted by atomic mass is 79.9. The molecule has 3 heteroatoms. The van der Waals surface area contributed by atoms with Crippen LogP contribution in [0.5, 0.6) is 0 Å². The molecule has 1 heterocycles. The molecule has 0 N–H and O–H groups in total. The van der Waals surface area contributed by atoms with Gasteiger partial charge in [-0.25, -0.2) is 4.98 Å². The molecular formula is C9H9Br2N. The standard InChI is InChI=1S/C9H9Br2N/c10-7-4-8(6-2-1-3-6)12-9(11)5-7/h4-6H,1-3H2. The summed E-state index contributed by atoms with van der Waals surface area (Å²) in [5.41, 5.74) is 1.22. The highest BCUT2D eigenvalue weighted by molar-refractivity contribution is 9.11. The van der Waals surface area contributed by atoms with Crippen molar-refractivity contribution in [3.63, 3.8) is 0 Å². The second-order valence-corrected chi connectivity index (χ2v) is 4.89. The Morgan fingerprint density at radius 2 is 2.00 bits per heavy atom. The quantitative estimate of drug-likeness (QED) is 0.716. The van der Waals surface area contributed by atoms with Gasteiger partial charge in [0.15, 0.2) is 0 Å². The molecule has 0 aromatic carbocycles. The fourth-order valence-corrected chi connectivity index (χ4v) is 2.61. The molecule has 0 bridgehead atoms. The summed E-state index contributed by atoms with van der Waals surface area (Å²) < 4.78 is 2.05. The summed E-state index contributed by atoms with van der Waals surface area (Å²) in [6.07, 6.45) is 3.96. The van der Waals surface area contributed by atoms with Crippen LogP contribution in [0.15, 0.2) is 21.2 Å². The van der Waals surface area contributed by atoms with Crippen LogP contribution in [0.25, 0.3) is 0 Å².